The van der Waals surface area contributed by atoms with Crippen LogP contribution in [0.2, 0.25) is 0 Å². The molecule has 1 heterocycles. The molecule has 0 spiro atoms. The molecule has 3 aromatic carbocycles. The topological polar surface area (TPSA) is 127 Å². The molecule has 0 radical (unpaired) electrons. The van der Waals surface area contributed by atoms with E-state index in [1.54, 1.807) is 0 Å². The standard InChI is InChI=1S/C23H16F2N4O5/c1-34-23(31)13-6-8-15(19(11-13)29(32)33)22(30)26-21-16-10-12(7-9-18(16)27-28-21)20(25)14-4-2-3-5-17(14)24/h2-11,20H,1H3,(H2,26,27,28,30). The van der Waals surface area contributed by atoms with E-state index in [4.69, 9.17) is 0 Å². The number of methoxy groups -OCH3 is 1. The quantitative estimate of drug-likeness (QED) is 0.241. The van der Waals surface area contributed by atoms with Crippen LogP contribution >= 0.6 is 0 Å². The first-order valence-corrected chi connectivity index (χ1v) is 9.84. The molecule has 0 aliphatic heterocycles. The predicted molar refractivity (Wildman–Crippen MR) is 118 cm³/mol. The first-order valence-electron chi connectivity index (χ1n) is 9.84. The molecule has 172 valence electrons. The Kier molecular flexibility index (Phi) is 6.00. The van der Waals surface area contributed by atoms with E-state index < -0.39 is 34.5 Å². The molecular weight excluding hydrogens is 450 g/mol. The number of amides is 1. The van der Waals surface area contributed by atoms with Crippen molar-refractivity contribution < 1.29 is 28.0 Å². The molecule has 9 nitrogen and oxygen atoms in total. The summed E-state index contributed by atoms with van der Waals surface area (Å²) in [6, 6.07) is 13.1. The van der Waals surface area contributed by atoms with Gasteiger partial charge in [-0.3, -0.25) is 20.0 Å². The molecule has 0 saturated carbocycles. The Bertz CT molecular complexity index is 1440. The maximum Gasteiger partial charge on any atom is 0.338 e. The lowest BCUT2D eigenvalue weighted by Crippen LogP contribution is -2.15. The van der Waals surface area contributed by atoms with Crippen molar-refractivity contribution in [3.8, 4) is 0 Å². The fourth-order valence-electron chi connectivity index (χ4n) is 3.44. The van der Waals surface area contributed by atoms with Gasteiger partial charge in [0.2, 0.25) is 0 Å². The summed E-state index contributed by atoms with van der Waals surface area (Å²) in [6.07, 6.45) is -1.77. The third kappa shape index (κ3) is 4.18. The summed E-state index contributed by atoms with van der Waals surface area (Å²) in [6.45, 7) is 0. The number of nitrogens with zero attached hydrogens (tertiary/aromatic N) is 2. The van der Waals surface area contributed by atoms with Crippen LogP contribution in [-0.2, 0) is 4.74 Å². The summed E-state index contributed by atoms with van der Waals surface area (Å²) in [5.74, 6) is -2.36. The normalized spacial score (nSPS) is 11.7. The van der Waals surface area contributed by atoms with Gasteiger partial charge in [-0.05, 0) is 35.9 Å². The van der Waals surface area contributed by atoms with Gasteiger partial charge in [0.25, 0.3) is 11.6 Å². The summed E-state index contributed by atoms with van der Waals surface area (Å²) >= 11 is 0. The van der Waals surface area contributed by atoms with Crippen molar-refractivity contribution in [1.82, 2.24) is 10.2 Å². The molecule has 4 rings (SSSR count). The Hall–Kier alpha value is -4.67. The number of benzene rings is 3. The number of hydrogen-bond donors (Lipinski definition) is 2. The minimum atomic E-state index is -1.77. The minimum Gasteiger partial charge on any atom is -0.465 e. The van der Waals surface area contributed by atoms with Crippen LogP contribution in [0.5, 0.6) is 0 Å². The fraction of sp³-hybridized carbons (Fsp3) is 0.0870. The first kappa shape index (κ1) is 22.5. The third-order valence-corrected chi connectivity index (χ3v) is 5.15. The van der Waals surface area contributed by atoms with Gasteiger partial charge in [0.05, 0.1) is 23.1 Å². The Labute approximate surface area is 190 Å². The molecule has 0 fully saturated rings. The summed E-state index contributed by atoms with van der Waals surface area (Å²) in [4.78, 5) is 35.1. The van der Waals surface area contributed by atoms with E-state index in [-0.39, 0.29) is 28.1 Å². The number of carbonyl (C=O) groups is 2. The van der Waals surface area contributed by atoms with Crippen LogP contribution in [-0.4, -0.2) is 34.1 Å². The molecular formula is C23H16F2N4O5. The van der Waals surface area contributed by atoms with Crippen molar-refractivity contribution in [2.75, 3.05) is 12.4 Å². The average molecular weight is 466 g/mol. The smallest absolute Gasteiger partial charge is 0.338 e. The molecule has 0 bridgehead atoms. The van der Waals surface area contributed by atoms with E-state index in [0.717, 1.165) is 25.3 Å². The zero-order valence-corrected chi connectivity index (χ0v) is 17.5. The zero-order chi connectivity index (χ0) is 24.4. The summed E-state index contributed by atoms with van der Waals surface area (Å²) in [5, 5.41) is 20.9. The number of fused-ring (bicyclic) bond motifs is 1. The number of nitro benzene ring substituents is 1. The van der Waals surface area contributed by atoms with Crippen LogP contribution in [0.25, 0.3) is 10.9 Å². The van der Waals surface area contributed by atoms with Gasteiger partial charge >= 0.3 is 5.97 Å². The van der Waals surface area contributed by atoms with Crippen LogP contribution < -0.4 is 5.32 Å². The number of carbonyl (C=O) groups excluding carboxylic acids is 2. The maximum atomic E-state index is 15.0. The number of alkyl halides is 1. The van der Waals surface area contributed by atoms with Gasteiger partial charge in [-0.2, -0.15) is 5.10 Å². The van der Waals surface area contributed by atoms with E-state index in [0.29, 0.717) is 10.9 Å². The molecule has 34 heavy (non-hydrogen) atoms. The van der Waals surface area contributed by atoms with Crippen molar-refractivity contribution in [3.05, 3.63) is 98.8 Å². The van der Waals surface area contributed by atoms with Crippen LogP contribution in [0.15, 0.2) is 60.7 Å². The number of hydrogen-bond acceptors (Lipinski definition) is 6. The number of nitrogens with one attached hydrogen (secondary N) is 2. The molecule has 11 heteroatoms. The molecule has 0 aliphatic rings. The predicted octanol–water partition coefficient (Wildman–Crippen LogP) is 4.71. The zero-order valence-electron chi connectivity index (χ0n) is 17.5. The van der Waals surface area contributed by atoms with Gasteiger partial charge in [0.15, 0.2) is 12.0 Å². The maximum absolute atomic E-state index is 15.0. The highest BCUT2D eigenvalue weighted by Gasteiger charge is 2.24. The molecule has 1 atom stereocenters. The number of rotatable bonds is 6. The monoisotopic (exact) mass is 466 g/mol. The number of anilines is 1. The largest absolute Gasteiger partial charge is 0.465 e. The second-order valence-electron chi connectivity index (χ2n) is 7.20. The van der Waals surface area contributed by atoms with Gasteiger partial charge < -0.3 is 10.1 Å². The van der Waals surface area contributed by atoms with Crippen LogP contribution in [0.4, 0.5) is 20.3 Å². The number of aromatic amines is 1. The minimum absolute atomic E-state index is 0.00562. The molecule has 4 aromatic rings. The lowest BCUT2D eigenvalue weighted by molar-refractivity contribution is -0.385. The summed E-state index contributed by atoms with van der Waals surface area (Å²) in [7, 11) is 1.12. The van der Waals surface area contributed by atoms with Crippen LogP contribution in [0, 0.1) is 15.9 Å². The fourth-order valence-corrected chi connectivity index (χ4v) is 3.44. The number of aromatic nitrogens is 2. The van der Waals surface area contributed by atoms with Gasteiger partial charge in [-0.1, -0.05) is 24.3 Å². The number of ether oxygens (including phenoxy) is 1. The van der Waals surface area contributed by atoms with E-state index in [1.165, 1.54) is 42.5 Å². The number of esters is 1. The van der Waals surface area contributed by atoms with Crippen molar-refractivity contribution in [2.45, 2.75) is 6.17 Å². The van der Waals surface area contributed by atoms with Gasteiger partial charge in [0, 0.05) is 17.0 Å². The Morgan fingerprint density at radius 3 is 2.62 bits per heavy atom. The van der Waals surface area contributed by atoms with E-state index in [9.17, 15) is 24.1 Å². The lowest BCUT2D eigenvalue weighted by atomic mass is 10.0. The molecule has 2 N–H and O–H groups in total. The molecule has 1 aromatic heterocycles. The highest BCUT2D eigenvalue weighted by Crippen LogP contribution is 2.32. The summed E-state index contributed by atoms with van der Waals surface area (Å²) < 4.78 is 33.6. The Morgan fingerprint density at radius 1 is 1.15 bits per heavy atom. The SMILES string of the molecule is COC(=O)c1ccc(C(=O)Nc2n[nH]c3ccc(C(F)c4ccccc4F)cc23)c([N+](=O)[O-])c1. The second kappa shape index (κ2) is 9.06. The van der Waals surface area contributed by atoms with Crippen LogP contribution in [0.3, 0.4) is 0 Å². The third-order valence-electron chi connectivity index (χ3n) is 5.15. The Morgan fingerprint density at radius 2 is 1.91 bits per heavy atom. The number of halogens is 2. The molecule has 0 saturated heterocycles. The van der Waals surface area contributed by atoms with Crippen molar-refractivity contribution >= 4 is 34.3 Å². The van der Waals surface area contributed by atoms with Gasteiger partial charge in [-0.15, -0.1) is 0 Å². The van der Waals surface area contributed by atoms with E-state index in [1.807, 2.05) is 0 Å². The molecule has 1 unspecified atom stereocenters. The highest BCUT2D eigenvalue weighted by molar-refractivity contribution is 6.10. The number of nitro groups is 1. The highest BCUT2D eigenvalue weighted by atomic mass is 19.1. The Balaban J connectivity index is 1.67. The first-order chi connectivity index (χ1) is 16.3. The van der Waals surface area contributed by atoms with Gasteiger partial charge in [-0.25, -0.2) is 13.6 Å². The van der Waals surface area contributed by atoms with Crippen LogP contribution in [0.1, 0.15) is 38.0 Å². The molecule has 1 amide bonds. The van der Waals surface area contributed by atoms with Crippen molar-refractivity contribution in [1.29, 1.82) is 0 Å². The van der Waals surface area contributed by atoms with Crippen molar-refractivity contribution in [2.24, 2.45) is 0 Å². The lowest BCUT2D eigenvalue weighted by Gasteiger charge is -2.10. The second-order valence-corrected chi connectivity index (χ2v) is 7.20. The van der Waals surface area contributed by atoms with E-state index >= 15 is 4.39 Å². The van der Waals surface area contributed by atoms with Crippen molar-refractivity contribution in [3.63, 3.8) is 0 Å². The number of H-pyrrole nitrogens is 1. The molecule has 0 aliphatic carbocycles. The average Bonchev–Trinajstić information content (AvgIpc) is 3.24. The van der Waals surface area contributed by atoms with Gasteiger partial charge in [0.1, 0.15) is 11.4 Å². The summed E-state index contributed by atoms with van der Waals surface area (Å²) in [5.41, 5.74) is -0.581. The van der Waals surface area contributed by atoms with E-state index in [2.05, 4.69) is 20.3 Å².